The fourth-order valence-corrected chi connectivity index (χ4v) is 3.73. The number of likely N-dealkylation sites (tertiary alicyclic amines) is 1. The zero-order chi connectivity index (χ0) is 15.8. The van der Waals surface area contributed by atoms with Gasteiger partial charge in [0.05, 0.1) is 4.88 Å². The van der Waals surface area contributed by atoms with Crippen molar-refractivity contribution in [3.63, 3.8) is 0 Å². The summed E-state index contributed by atoms with van der Waals surface area (Å²) >= 11 is 1.43. The van der Waals surface area contributed by atoms with Crippen molar-refractivity contribution in [2.45, 2.75) is 51.5 Å². The Hall–Kier alpha value is -1.20. The van der Waals surface area contributed by atoms with E-state index in [2.05, 4.69) is 17.1 Å². The molecule has 1 aromatic rings. The Kier molecular flexibility index (Phi) is 7.06. The fraction of sp³-hybridized carbons (Fsp3) is 0.647. The number of hydrogen-bond donors (Lipinski definition) is 1. The van der Waals surface area contributed by atoms with Crippen LogP contribution in [0.4, 0.5) is 0 Å². The number of carbonyl (C=O) groups is 2. The minimum atomic E-state index is -0.0186. The van der Waals surface area contributed by atoms with Gasteiger partial charge in [-0.2, -0.15) is 0 Å². The van der Waals surface area contributed by atoms with Crippen molar-refractivity contribution < 1.29 is 9.59 Å². The molecule has 0 spiro atoms. The van der Waals surface area contributed by atoms with Gasteiger partial charge in [0.15, 0.2) is 5.78 Å². The molecule has 0 saturated carbocycles. The zero-order valence-corrected chi connectivity index (χ0v) is 14.2. The molecule has 0 aromatic carbocycles. The zero-order valence-electron chi connectivity index (χ0n) is 13.3. The molecule has 1 atom stereocenters. The molecule has 22 heavy (non-hydrogen) atoms. The Morgan fingerprint density at radius 3 is 2.95 bits per heavy atom. The summed E-state index contributed by atoms with van der Waals surface area (Å²) in [6.45, 7) is 4.98. The number of hydrogen-bond acceptors (Lipinski definition) is 4. The lowest BCUT2D eigenvalue weighted by atomic mass is 10.0. The van der Waals surface area contributed by atoms with E-state index in [1.807, 2.05) is 17.5 Å². The molecule has 2 rings (SSSR count). The second-order valence-electron chi connectivity index (χ2n) is 5.84. The van der Waals surface area contributed by atoms with E-state index < -0.39 is 0 Å². The summed E-state index contributed by atoms with van der Waals surface area (Å²) in [7, 11) is 0. The molecule has 1 fully saturated rings. The first kappa shape index (κ1) is 17.2. The van der Waals surface area contributed by atoms with E-state index in [9.17, 15) is 9.59 Å². The summed E-state index contributed by atoms with van der Waals surface area (Å²) < 4.78 is 0. The van der Waals surface area contributed by atoms with E-state index in [1.165, 1.54) is 37.0 Å². The Morgan fingerprint density at radius 1 is 1.36 bits per heavy atom. The monoisotopic (exact) mass is 322 g/mol. The molecule has 122 valence electrons. The van der Waals surface area contributed by atoms with E-state index in [4.69, 9.17) is 0 Å². The van der Waals surface area contributed by atoms with E-state index in [0.29, 0.717) is 19.0 Å². The summed E-state index contributed by atoms with van der Waals surface area (Å²) in [6.07, 6.45) is 5.64. The molecule has 1 saturated heterocycles. The van der Waals surface area contributed by atoms with Crippen molar-refractivity contribution in [3.05, 3.63) is 22.4 Å². The predicted octanol–water partition coefficient (Wildman–Crippen LogP) is 3.09. The molecular formula is C17H26N2O2S. The van der Waals surface area contributed by atoms with Gasteiger partial charge in [0.2, 0.25) is 5.91 Å². The van der Waals surface area contributed by atoms with Crippen molar-refractivity contribution >= 4 is 23.0 Å². The van der Waals surface area contributed by atoms with Gasteiger partial charge in [0, 0.05) is 32.0 Å². The molecule has 0 bridgehead atoms. The third-order valence-electron chi connectivity index (χ3n) is 4.32. The number of Topliss-reactive ketones (excluding diaryl/α,β-unsaturated/α-hetero) is 1. The predicted molar refractivity (Wildman–Crippen MR) is 90.4 cm³/mol. The molecule has 1 N–H and O–H groups in total. The standard InChI is InChI=1S/C17H26N2O2S/c1-2-14-6-3-4-11-19(14)12-10-18-17(21)9-8-15(20)16-7-5-13-22-16/h5,7,13-14H,2-4,6,8-12H2,1H3,(H,18,21). The first-order chi connectivity index (χ1) is 10.7. The van der Waals surface area contributed by atoms with Crippen molar-refractivity contribution in [2.24, 2.45) is 0 Å². The number of rotatable bonds is 8. The maximum atomic E-state index is 11.8. The van der Waals surface area contributed by atoms with Gasteiger partial charge in [0.25, 0.3) is 0 Å². The van der Waals surface area contributed by atoms with Gasteiger partial charge < -0.3 is 5.32 Å². The number of carbonyl (C=O) groups excluding carboxylic acids is 2. The summed E-state index contributed by atoms with van der Waals surface area (Å²) in [4.78, 5) is 26.9. The first-order valence-electron chi connectivity index (χ1n) is 8.28. The van der Waals surface area contributed by atoms with Crippen LogP contribution in [0, 0.1) is 0 Å². The second-order valence-corrected chi connectivity index (χ2v) is 6.79. The third kappa shape index (κ3) is 5.21. The SMILES string of the molecule is CCC1CCCCN1CCNC(=O)CCC(=O)c1cccs1. The molecule has 1 unspecified atom stereocenters. The molecule has 0 radical (unpaired) electrons. The van der Waals surface area contributed by atoms with E-state index in [0.717, 1.165) is 18.0 Å². The molecule has 2 heterocycles. The van der Waals surface area contributed by atoms with Crippen LogP contribution in [0.3, 0.4) is 0 Å². The molecule has 0 aliphatic carbocycles. The minimum absolute atomic E-state index is 0.0186. The average Bonchev–Trinajstić information content (AvgIpc) is 3.07. The van der Waals surface area contributed by atoms with Crippen molar-refractivity contribution in [1.29, 1.82) is 0 Å². The number of amides is 1. The van der Waals surface area contributed by atoms with Crippen LogP contribution < -0.4 is 5.32 Å². The Morgan fingerprint density at radius 2 is 2.23 bits per heavy atom. The van der Waals surface area contributed by atoms with Crippen LogP contribution in [0.25, 0.3) is 0 Å². The molecule has 1 aliphatic rings. The van der Waals surface area contributed by atoms with Crippen LogP contribution in [0.1, 0.15) is 55.1 Å². The normalized spacial score (nSPS) is 19.0. The summed E-state index contributed by atoms with van der Waals surface area (Å²) in [5.41, 5.74) is 0. The van der Waals surface area contributed by atoms with E-state index in [1.54, 1.807) is 0 Å². The van der Waals surface area contributed by atoms with Gasteiger partial charge in [-0.1, -0.05) is 19.4 Å². The summed E-state index contributed by atoms with van der Waals surface area (Å²) in [6, 6.07) is 4.35. The Labute approximate surface area is 136 Å². The molecule has 4 nitrogen and oxygen atoms in total. The Bertz CT molecular complexity index is 473. The van der Waals surface area contributed by atoms with Crippen molar-refractivity contribution in [2.75, 3.05) is 19.6 Å². The highest BCUT2D eigenvalue weighted by Gasteiger charge is 2.20. The third-order valence-corrected chi connectivity index (χ3v) is 5.23. The Balaban J connectivity index is 1.62. The molecule has 5 heteroatoms. The molecule has 1 aromatic heterocycles. The number of nitrogens with one attached hydrogen (secondary N) is 1. The molecule has 1 aliphatic heterocycles. The maximum absolute atomic E-state index is 11.8. The van der Waals surface area contributed by atoms with Gasteiger partial charge in [-0.15, -0.1) is 11.3 Å². The number of piperidine rings is 1. The maximum Gasteiger partial charge on any atom is 0.220 e. The summed E-state index contributed by atoms with van der Waals surface area (Å²) in [5.74, 6) is 0.0437. The second kappa shape index (κ2) is 9.06. The van der Waals surface area contributed by atoms with Gasteiger partial charge in [0.1, 0.15) is 0 Å². The highest BCUT2D eigenvalue weighted by molar-refractivity contribution is 7.12. The van der Waals surface area contributed by atoms with Crippen LogP contribution >= 0.6 is 11.3 Å². The van der Waals surface area contributed by atoms with E-state index >= 15 is 0 Å². The minimum Gasteiger partial charge on any atom is -0.355 e. The van der Waals surface area contributed by atoms with Gasteiger partial charge in [-0.25, -0.2) is 0 Å². The lowest BCUT2D eigenvalue weighted by Crippen LogP contribution is -2.43. The van der Waals surface area contributed by atoms with Crippen LogP contribution in [-0.2, 0) is 4.79 Å². The number of ketones is 1. The lowest BCUT2D eigenvalue weighted by molar-refractivity contribution is -0.121. The van der Waals surface area contributed by atoms with Gasteiger partial charge >= 0.3 is 0 Å². The van der Waals surface area contributed by atoms with Crippen LogP contribution in [0.2, 0.25) is 0 Å². The highest BCUT2D eigenvalue weighted by Crippen LogP contribution is 2.18. The van der Waals surface area contributed by atoms with Crippen LogP contribution in [-0.4, -0.2) is 42.3 Å². The number of thiophene rings is 1. The highest BCUT2D eigenvalue weighted by atomic mass is 32.1. The lowest BCUT2D eigenvalue weighted by Gasteiger charge is -2.35. The van der Waals surface area contributed by atoms with Gasteiger partial charge in [-0.3, -0.25) is 14.5 Å². The quantitative estimate of drug-likeness (QED) is 0.748. The van der Waals surface area contributed by atoms with Crippen LogP contribution in [0.15, 0.2) is 17.5 Å². The average molecular weight is 322 g/mol. The van der Waals surface area contributed by atoms with Crippen LogP contribution in [0.5, 0.6) is 0 Å². The number of nitrogens with zero attached hydrogens (tertiary/aromatic N) is 1. The smallest absolute Gasteiger partial charge is 0.220 e. The van der Waals surface area contributed by atoms with Crippen molar-refractivity contribution in [1.82, 2.24) is 10.2 Å². The fourth-order valence-electron chi connectivity index (χ4n) is 3.03. The first-order valence-corrected chi connectivity index (χ1v) is 9.16. The topological polar surface area (TPSA) is 49.4 Å². The van der Waals surface area contributed by atoms with Gasteiger partial charge in [-0.05, 0) is 37.3 Å². The van der Waals surface area contributed by atoms with E-state index in [-0.39, 0.29) is 18.1 Å². The molecular weight excluding hydrogens is 296 g/mol. The van der Waals surface area contributed by atoms with Crippen molar-refractivity contribution in [3.8, 4) is 0 Å². The summed E-state index contributed by atoms with van der Waals surface area (Å²) in [5, 5.41) is 4.83. The largest absolute Gasteiger partial charge is 0.355 e. The molecule has 1 amide bonds.